The van der Waals surface area contributed by atoms with Crippen LogP contribution in [-0.4, -0.2) is 37.9 Å². The molecule has 4 N–H and O–H groups in total. The van der Waals surface area contributed by atoms with Crippen molar-refractivity contribution in [2.24, 2.45) is 23.2 Å². The Labute approximate surface area is 118 Å². The standard InChI is InChI=1S/C11H22O7P2/c1-7(2)8-4-11(12)9(8)10(11,3)5-18-20(16,17)6-19(13,14)15/h7-9,12H,4-6H2,1-3H3,(H,16,17)(H2,13,14,15)/t8-,9?,10-,11+/m1/s1. The molecule has 0 radical (unpaired) electrons. The molecule has 0 aliphatic heterocycles. The molecule has 0 aromatic carbocycles. The van der Waals surface area contributed by atoms with E-state index in [4.69, 9.17) is 14.3 Å². The molecule has 2 fully saturated rings. The lowest BCUT2D eigenvalue weighted by Crippen LogP contribution is -2.35. The van der Waals surface area contributed by atoms with Crippen LogP contribution < -0.4 is 0 Å². The highest BCUT2D eigenvalue weighted by Crippen LogP contribution is 2.78. The lowest BCUT2D eigenvalue weighted by Gasteiger charge is -2.33. The van der Waals surface area contributed by atoms with Crippen LogP contribution in [0.3, 0.4) is 0 Å². The van der Waals surface area contributed by atoms with Crippen LogP contribution in [0.1, 0.15) is 27.2 Å². The first kappa shape index (κ1) is 16.6. The molecule has 118 valence electrons. The van der Waals surface area contributed by atoms with Crippen molar-refractivity contribution in [1.82, 2.24) is 0 Å². The van der Waals surface area contributed by atoms with Gasteiger partial charge in [-0.2, -0.15) is 0 Å². The van der Waals surface area contributed by atoms with Crippen molar-refractivity contribution in [1.29, 1.82) is 0 Å². The summed E-state index contributed by atoms with van der Waals surface area (Å²) < 4.78 is 27.2. The molecule has 9 heteroatoms. The van der Waals surface area contributed by atoms with E-state index in [9.17, 15) is 19.1 Å². The average Bonchev–Trinajstić information content (AvgIpc) is 2.53. The second kappa shape index (κ2) is 4.63. The zero-order valence-corrected chi connectivity index (χ0v) is 13.6. The molecule has 2 saturated carbocycles. The maximum absolute atomic E-state index is 11.6. The SMILES string of the molecule is CC(C)[C@H]1C[C@]2(O)C1[C@@]2(C)COP(=O)(O)CP(=O)(O)O. The van der Waals surface area contributed by atoms with Gasteiger partial charge >= 0.3 is 15.2 Å². The van der Waals surface area contributed by atoms with Gasteiger partial charge in [0, 0.05) is 11.3 Å². The molecule has 0 saturated heterocycles. The normalized spacial score (nSPS) is 42.8. The second-order valence-corrected chi connectivity index (χ2v) is 10.6. The van der Waals surface area contributed by atoms with Crippen LogP contribution in [0.2, 0.25) is 0 Å². The van der Waals surface area contributed by atoms with Crippen molar-refractivity contribution in [2.75, 3.05) is 12.5 Å². The summed E-state index contributed by atoms with van der Waals surface area (Å²) in [6, 6.07) is 0. The second-order valence-electron chi connectivity index (χ2n) is 6.65. The molecule has 0 aromatic rings. The average molecular weight is 328 g/mol. The molecule has 0 amide bonds. The number of hydrogen-bond acceptors (Lipinski definition) is 4. The van der Waals surface area contributed by atoms with E-state index in [0.717, 1.165) is 0 Å². The topological polar surface area (TPSA) is 124 Å². The molecule has 0 heterocycles. The number of fused-ring (bicyclic) bond motifs is 1. The Kier molecular flexibility index (Phi) is 3.85. The summed E-state index contributed by atoms with van der Waals surface area (Å²) in [5.74, 6) is -0.385. The van der Waals surface area contributed by atoms with Crippen molar-refractivity contribution >= 4 is 15.2 Å². The van der Waals surface area contributed by atoms with Crippen LogP contribution >= 0.6 is 15.2 Å². The van der Waals surface area contributed by atoms with Gasteiger partial charge in [0.1, 0.15) is 0 Å². The molecule has 0 aromatic heterocycles. The van der Waals surface area contributed by atoms with E-state index >= 15 is 0 Å². The molecule has 7 nitrogen and oxygen atoms in total. The van der Waals surface area contributed by atoms with Gasteiger partial charge < -0.3 is 24.3 Å². The Balaban J connectivity index is 1.96. The van der Waals surface area contributed by atoms with Crippen LogP contribution in [0.5, 0.6) is 0 Å². The van der Waals surface area contributed by atoms with E-state index in [0.29, 0.717) is 18.3 Å². The molecule has 2 rings (SSSR count). The van der Waals surface area contributed by atoms with Crippen molar-refractivity contribution in [3.05, 3.63) is 0 Å². The summed E-state index contributed by atoms with van der Waals surface area (Å²) in [5, 5.41) is 10.4. The van der Waals surface area contributed by atoms with E-state index in [1.54, 1.807) is 6.92 Å². The first-order valence-corrected chi connectivity index (χ1v) is 10.1. The van der Waals surface area contributed by atoms with Gasteiger partial charge in [-0.25, -0.2) is 0 Å². The minimum Gasteiger partial charge on any atom is -0.389 e. The molecule has 2 aliphatic carbocycles. The summed E-state index contributed by atoms with van der Waals surface area (Å²) in [7, 11) is -8.95. The third-order valence-corrected chi connectivity index (χ3v) is 8.30. The summed E-state index contributed by atoms with van der Waals surface area (Å²) in [5.41, 5.74) is -1.46. The predicted molar refractivity (Wildman–Crippen MR) is 72.2 cm³/mol. The van der Waals surface area contributed by atoms with Crippen molar-refractivity contribution in [2.45, 2.75) is 32.8 Å². The van der Waals surface area contributed by atoms with E-state index in [-0.39, 0.29) is 12.5 Å². The molecule has 20 heavy (non-hydrogen) atoms. The summed E-state index contributed by atoms with van der Waals surface area (Å²) in [6.07, 6.45) is 0.642. The van der Waals surface area contributed by atoms with Crippen LogP contribution in [0.25, 0.3) is 0 Å². The van der Waals surface area contributed by atoms with Gasteiger partial charge in [-0.1, -0.05) is 20.8 Å². The Morgan fingerprint density at radius 3 is 2.25 bits per heavy atom. The van der Waals surface area contributed by atoms with Crippen LogP contribution in [0, 0.1) is 23.2 Å². The maximum Gasteiger partial charge on any atom is 0.340 e. The largest absolute Gasteiger partial charge is 0.389 e. The summed E-state index contributed by atoms with van der Waals surface area (Å²) in [6.45, 7) is 5.76. The van der Waals surface area contributed by atoms with Gasteiger partial charge in [0.05, 0.1) is 12.2 Å². The Bertz CT molecular complexity index is 501. The minimum atomic E-state index is -4.61. The third kappa shape index (κ3) is 2.66. The number of hydrogen-bond donors (Lipinski definition) is 4. The van der Waals surface area contributed by atoms with E-state index in [1.165, 1.54) is 0 Å². The molecule has 0 bridgehead atoms. The van der Waals surface area contributed by atoms with Gasteiger partial charge in [0.2, 0.25) is 0 Å². The van der Waals surface area contributed by atoms with Gasteiger partial charge in [-0.3, -0.25) is 9.13 Å². The first-order valence-electron chi connectivity index (χ1n) is 6.56. The molecule has 5 atom stereocenters. The van der Waals surface area contributed by atoms with Crippen LogP contribution in [-0.2, 0) is 13.7 Å². The Morgan fingerprint density at radius 1 is 1.30 bits per heavy atom. The maximum atomic E-state index is 11.6. The van der Waals surface area contributed by atoms with Crippen molar-refractivity contribution < 1.29 is 33.4 Å². The number of rotatable bonds is 6. The number of aliphatic hydroxyl groups is 1. The zero-order chi connectivity index (χ0) is 15.6. The lowest BCUT2D eigenvalue weighted by molar-refractivity contribution is -0.00475. The highest BCUT2D eigenvalue weighted by molar-refractivity contribution is 7.70. The fraction of sp³-hybridized carbons (Fsp3) is 1.00. The minimum absolute atomic E-state index is 0.0325. The van der Waals surface area contributed by atoms with Crippen molar-refractivity contribution in [3.8, 4) is 0 Å². The van der Waals surface area contributed by atoms with E-state index < -0.39 is 32.1 Å². The van der Waals surface area contributed by atoms with Crippen LogP contribution in [0.4, 0.5) is 0 Å². The summed E-state index contributed by atoms with van der Waals surface area (Å²) >= 11 is 0. The Morgan fingerprint density at radius 2 is 1.85 bits per heavy atom. The first-order chi connectivity index (χ1) is 8.82. The fourth-order valence-corrected chi connectivity index (χ4v) is 6.28. The molecule has 2 aliphatic rings. The van der Waals surface area contributed by atoms with E-state index in [2.05, 4.69) is 13.8 Å². The van der Waals surface area contributed by atoms with Gasteiger partial charge in [-0.05, 0) is 18.3 Å². The van der Waals surface area contributed by atoms with Crippen molar-refractivity contribution in [3.63, 3.8) is 0 Å². The van der Waals surface area contributed by atoms with Gasteiger partial charge in [0.25, 0.3) is 0 Å². The van der Waals surface area contributed by atoms with E-state index in [1.807, 2.05) is 0 Å². The molecular formula is C11H22O7P2. The van der Waals surface area contributed by atoms with Gasteiger partial charge in [-0.15, -0.1) is 0 Å². The quantitative estimate of drug-likeness (QED) is 0.543. The molecule has 2 unspecified atom stereocenters. The molecular weight excluding hydrogens is 306 g/mol. The zero-order valence-electron chi connectivity index (χ0n) is 11.8. The highest BCUT2D eigenvalue weighted by atomic mass is 31.2. The lowest BCUT2D eigenvalue weighted by atomic mass is 9.75. The van der Waals surface area contributed by atoms with Gasteiger partial charge in [0.15, 0.2) is 5.90 Å². The summed E-state index contributed by atoms with van der Waals surface area (Å²) in [4.78, 5) is 26.9. The highest BCUT2D eigenvalue weighted by Gasteiger charge is 2.82. The van der Waals surface area contributed by atoms with Crippen LogP contribution in [0.15, 0.2) is 0 Å². The third-order valence-electron chi connectivity index (χ3n) is 4.87. The Hall–Kier alpha value is 0.260. The molecule has 0 spiro atoms. The fourth-order valence-electron chi connectivity index (χ4n) is 3.62. The predicted octanol–water partition coefficient (Wildman–Crippen LogP) is 1.37. The smallest absolute Gasteiger partial charge is 0.340 e. The monoisotopic (exact) mass is 328 g/mol.